The van der Waals surface area contributed by atoms with Crippen LogP contribution in [0.5, 0.6) is 0 Å². The smallest absolute Gasteiger partial charge is 0.306 e. The summed E-state index contributed by atoms with van der Waals surface area (Å²) < 4.78 is 50.5. The summed E-state index contributed by atoms with van der Waals surface area (Å²) in [5.74, 6) is -3.34. The van der Waals surface area contributed by atoms with E-state index in [1.54, 1.807) is 22.9 Å². The van der Waals surface area contributed by atoms with Crippen molar-refractivity contribution in [3.63, 3.8) is 0 Å². The normalized spacial score (nSPS) is 13.2. The van der Waals surface area contributed by atoms with Crippen LogP contribution in [0.3, 0.4) is 0 Å². The second-order valence-corrected chi connectivity index (χ2v) is 8.41. The third kappa shape index (κ3) is 3.62. The van der Waals surface area contributed by atoms with Gasteiger partial charge in [0.15, 0.2) is 11.6 Å². The van der Waals surface area contributed by atoms with Crippen LogP contribution in [-0.2, 0) is 14.9 Å². The van der Waals surface area contributed by atoms with Gasteiger partial charge in [-0.15, -0.1) is 0 Å². The number of benzene rings is 2. The Hall–Kier alpha value is -3.33. The number of halogens is 3. The molecule has 2 N–H and O–H groups in total. The standard InChI is InChI=1S/C23H22F3N3O3/c1-23(2,11-32-3)22-21(17(26)9-20(30)31)14-8-18-12(10-27-28-18)6-19(14)29(22)13-4-5-15(24)16(25)7-13/h4-8,10,17H,9,11H2,1-3H3,(H,27,28)(H,30,31)/t17-/m0/s1. The molecule has 6 nitrogen and oxygen atoms in total. The van der Waals surface area contributed by atoms with E-state index in [9.17, 15) is 18.7 Å². The van der Waals surface area contributed by atoms with Gasteiger partial charge >= 0.3 is 5.97 Å². The number of H-pyrrole nitrogens is 1. The van der Waals surface area contributed by atoms with Gasteiger partial charge in [0.2, 0.25) is 0 Å². The summed E-state index contributed by atoms with van der Waals surface area (Å²) in [4.78, 5) is 11.4. The molecule has 1 atom stereocenters. The Labute approximate surface area is 181 Å². The van der Waals surface area contributed by atoms with Crippen molar-refractivity contribution in [3.05, 3.63) is 59.4 Å². The van der Waals surface area contributed by atoms with Crippen LogP contribution < -0.4 is 0 Å². The Morgan fingerprint density at radius 2 is 2.00 bits per heavy atom. The van der Waals surface area contributed by atoms with Crippen LogP contribution in [-0.4, -0.2) is 39.6 Å². The van der Waals surface area contributed by atoms with Crippen LogP contribution in [0.4, 0.5) is 13.2 Å². The van der Waals surface area contributed by atoms with Crippen LogP contribution in [0.25, 0.3) is 27.5 Å². The van der Waals surface area contributed by atoms with E-state index in [1.165, 1.54) is 13.2 Å². The quantitative estimate of drug-likeness (QED) is 0.410. The third-order valence-corrected chi connectivity index (χ3v) is 5.54. The van der Waals surface area contributed by atoms with Crippen molar-refractivity contribution in [2.45, 2.75) is 31.9 Å². The van der Waals surface area contributed by atoms with Crippen molar-refractivity contribution >= 4 is 27.8 Å². The number of ether oxygens (including phenoxy) is 1. The summed E-state index contributed by atoms with van der Waals surface area (Å²) in [6.45, 7) is 3.83. The molecular weight excluding hydrogens is 423 g/mol. The number of nitrogens with zero attached hydrogens (tertiary/aromatic N) is 2. The predicted octanol–water partition coefficient (Wildman–Crippen LogP) is 5.19. The van der Waals surface area contributed by atoms with Gasteiger partial charge in [-0.25, -0.2) is 13.2 Å². The lowest BCUT2D eigenvalue weighted by Crippen LogP contribution is -2.28. The molecule has 0 aliphatic heterocycles. The first-order chi connectivity index (χ1) is 15.1. The van der Waals surface area contributed by atoms with Gasteiger partial charge in [0, 0.05) is 46.3 Å². The fourth-order valence-electron chi connectivity index (χ4n) is 4.31. The first-order valence-electron chi connectivity index (χ1n) is 9.96. The number of hydrogen-bond acceptors (Lipinski definition) is 3. The number of carbonyl (C=O) groups is 1. The zero-order valence-corrected chi connectivity index (χ0v) is 17.7. The molecule has 4 rings (SSSR count). The number of carboxylic acids is 1. The first kappa shape index (κ1) is 21.9. The molecule has 0 aliphatic carbocycles. The van der Waals surface area contributed by atoms with E-state index in [2.05, 4.69) is 10.2 Å². The highest BCUT2D eigenvalue weighted by Gasteiger charge is 2.35. The van der Waals surface area contributed by atoms with Crippen LogP contribution in [0.2, 0.25) is 0 Å². The van der Waals surface area contributed by atoms with Gasteiger partial charge in [0.05, 0.1) is 30.3 Å². The molecule has 0 aliphatic rings. The Morgan fingerprint density at radius 3 is 2.66 bits per heavy atom. The van der Waals surface area contributed by atoms with Crippen molar-refractivity contribution in [2.75, 3.05) is 13.7 Å². The number of hydrogen-bond donors (Lipinski definition) is 2. The lowest BCUT2D eigenvalue weighted by molar-refractivity contribution is -0.138. The van der Waals surface area contributed by atoms with Crippen molar-refractivity contribution in [2.24, 2.45) is 0 Å². The number of aliphatic carboxylic acids is 1. The molecule has 0 radical (unpaired) electrons. The molecule has 9 heteroatoms. The Kier molecular flexibility index (Phi) is 5.46. The molecule has 2 heterocycles. The number of fused-ring (bicyclic) bond motifs is 2. The minimum atomic E-state index is -1.84. The zero-order chi connectivity index (χ0) is 23.2. The van der Waals surface area contributed by atoms with Gasteiger partial charge in [-0.05, 0) is 24.3 Å². The lowest BCUT2D eigenvalue weighted by Gasteiger charge is -2.28. The van der Waals surface area contributed by atoms with Gasteiger partial charge in [-0.1, -0.05) is 13.8 Å². The SMILES string of the molecule is COCC(C)(C)c1c([C@@H](F)CC(=O)O)c2cc3[nH]ncc3cc2n1-c1ccc(F)c(F)c1. The van der Waals surface area contributed by atoms with E-state index in [4.69, 9.17) is 4.74 Å². The van der Waals surface area contributed by atoms with E-state index < -0.39 is 35.6 Å². The summed E-state index contributed by atoms with van der Waals surface area (Å²) in [5.41, 5.74) is 1.24. The van der Waals surface area contributed by atoms with Crippen molar-refractivity contribution in [3.8, 4) is 5.69 Å². The van der Waals surface area contributed by atoms with Crippen LogP contribution in [0.15, 0.2) is 36.5 Å². The molecule has 2 aromatic heterocycles. The average molecular weight is 445 g/mol. The molecule has 32 heavy (non-hydrogen) atoms. The molecule has 0 unspecified atom stereocenters. The molecule has 168 valence electrons. The Balaban J connectivity index is 2.17. The molecule has 0 spiro atoms. The lowest BCUT2D eigenvalue weighted by atomic mass is 9.85. The topological polar surface area (TPSA) is 80.1 Å². The Morgan fingerprint density at radius 1 is 1.25 bits per heavy atom. The number of carboxylic acid groups (broad SMARTS) is 1. The fourth-order valence-corrected chi connectivity index (χ4v) is 4.31. The van der Waals surface area contributed by atoms with E-state index in [0.717, 1.165) is 17.5 Å². The number of aromatic amines is 1. The maximum atomic E-state index is 15.6. The second-order valence-electron chi connectivity index (χ2n) is 8.41. The van der Waals surface area contributed by atoms with E-state index in [-0.39, 0.29) is 17.9 Å². The Bertz CT molecular complexity index is 1330. The number of rotatable bonds is 7. The van der Waals surface area contributed by atoms with E-state index in [1.807, 2.05) is 13.8 Å². The average Bonchev–Trinajstić information content (AvgIpc) is 3.29. The molecular formula is C23H22F3N3O3. The molecule has 4 aromatic rings. The molecule has 0 amide bonds. The van der Waals surface area contributed by atoms with Gasteiger partial charge in [-0.2, -0.15) is 5.10 Å². The van der Waals surface area contributed by atoms with Crippen LogP contribution in [0.1, 0.15) is 37.7 Å². The monoisotopic (exact) mass is 445 g/mol. The molecule has 0 fully saturated rings. The summed E-state index contributed by atoms with van der Waals surface area (Å²) in [5, 5.41) is 17.3. The highest BCUT2D eigenvalue weighted by atomic mass is 19.2. The number of aromatic nitrogens is 3. The summed E-state index contributed by atoms with van der Waals surface area (Å²) in [6, 6.07) is 6.90. The van der Waals surface area contributed by atoms with Gasteiger partial charge in [-0.3, -0.25) is 9.89 Å². The molecule has 2 aromatic carbocycles. The summed E-state index contributed by atoms with van der Waals surface area (Å²) in [7, 11) is 1.51. The maximum Gasteiger partial charge on any atom is 0.306 e. The van der Waals surface area contributed by atoms with E-state index >= 15 is 4.39 Å². The second kappa shape index (κ2) is 7.98. The fraction of sp³-hybridized carbons (Fsp3) is 0.304. The summed E-state index contributed by atoms with van der Waals surface area (Å²) in [6.07, 6.45) is -0.983. The number of nitrogens with one attached hydrogen (secondary N) is 1. The molecule has 0 bridgehead atoms. The van der Waals surface area contributed by atoms with Crippen molar-refractivity contribution in [1.82, 2.24) is 14.8 Å². The van der Waals surface area contributed by atoms with Crippen molar-refractivity contribution in [1.29, 1.82) is 0 Å². The third-order valence-electron chi connectivity index (χ3n) is 5.54. The predicted molar refractivity (Wildman–Crippen MR) is 114 cm³/mol. The first-order valence-corrected chi connectivity index (χ1v) is 9.96. The van der Waals surface area contributed by atoms with Crippen LogP contribution >= 0.6 is 0 Å². The maximum absolute atomic E-state index is 15.6. The number of alkyl halides is 1. The van der Waals surface area contributed by atoms with Gasteiger partial charge < -0.3 is 14.4 Å². The largest absolute Gasteiger partial charge is 0.481 e. The highest BCUT2D eigenvalue weighted by molar-refractivity contribution is 5.99. The zero-order valence-electron chi connectivity index (χ0n) is 17.7. The molecule has 0 saturated carbocycles. The van der Waals surface area contributed by atoms with Crippen LogP contribution in [0, 0.1) is 11.6 Å². The van der Waals surface area contributed by atoms with E-state index in [0.29, 0.717) is 22.1 Å². The van der Waals surface area contributed by atoms with Gasteiger partial charge in [0.25, 0.3) is 0 Å². The number of methoxy groups -OCH3 is 1. The minimum absolute atomic E-state index is 0.172. The molecule has 0 saturated heterocycles. The van der Waals surface area contributed by atoms with Gasteiger partial charge in [0.1, 0.15) is 6.17 Å². The highest BCUT2D eigenvalue weighted by Crippen LogP contribution is 2.43. The van der Waals surface area contributed by atoms with Crippen molar-refractivity contribution < 1.29 is 27.8 Å². The minimum Gasteiger partial charge on any atom is -0.481 e. The summed E-state index contributed by atoms with van der Waals surface area (Å²) >= 11 is 0.